The Morgan fingerprint density at radius 3 is 2.53 bits per heavy atom. The number of rotatable bonds is 1. The first-order valence-electron chi connectivity index (χ1n) is 6.09. The summed E-state index contributed by atoms with van der Waals surface area (Å²) in [5, 5.41) is 0. The van der Waals surface area contributed by atoms with Crippen molar-refractivity contribution in [1.29, 1.82) is 0 Å². The van der Waals surface area contributed by atoms with E-state index < -0.39 is 0 Å². The third kappa shape index (κ3) is 1.62. The lowest BCUT2D eigenvalue weighted by Gasteiger charge is -2.26. The van der Waals surface area contributed by atoms with Crippen molar-refractivity contribution in [1.82, 2.24) is 0 Å². The average molecular weight is 197 g/mol. The molecule has 2 aliphatic carbocycles. The van der Waals surface area contributed by atoms with E-state index in [1.54, 1.807) is 5.92 Å². The van der Waals surface area contributed by atoms with Gasteiger partial charge < -0.3 is 0 Å². The molecule has 0 nitrogen and oxygen atoms in total. The summed E-state index contributed by atoms with van der Waals surface area (Å²) in [6, 6.07) is 8.79. The largest absolute Gasteiger partial charge is 0.0718 e. The van der Waals surface area contributed by atoms with Crippen LogP contribution in [0, 0.1) is 11.8 Å². The minimum Gasteiger partial charge on any atom is -0.0718 e. The van der Waals surface area contributed by atoms with Gasteiger partial charge in [-0.05, 0) is 29.9 Å². The van der Waals surface area contributed by atoms with Crippen molar-refractivity contribution in [2.45, 2.75) is 32.1 Å². The minimum atomic E-state index is 0.832. The Morgan fingerprint density at radius 2 is 1.67 bits per heavy atom. The van der Waals surface area contributed by atoms with Crippen molar-refractivity contribution in [3.63, 3.8) is 0 Å². The third-order valence-corrected chi connectivity index (χ3v) is 3.76. The highest BCUT2D eigenvalue weighted by Crippen LogP contribution is 2.40. The van der Waals surface area contributed by atoms with Gasteiger partial charge in [-0.25, -0.2) is 0 Å². The Balaban J connectivity index is 1.86. The summed E-state index contributed by atoms with van der Waals surface area (Å²) < 4.78 is 0. The molecular weight excluding hydrogens is 180 g/mol. The van der Waals surface area contributed by atoms with Crippen LogP contribution < -0.4 is 0 Å². The van der Waals surface area contributed by atoms with E-state index in [1.165, 1.54) is 43.2 Å². The Labute approximate surface area is 92.0 Å². The molecule has 1 aromatic rings. The molecule has 0 heteroatoms. The first kappa shape index (κ1) is 9.21. The van der Waals surface area contributed by atoms with E-state index in [0.717, 1.165) is 5.92 Å². The molecule has 0 amide bonds. The van der Waals surface area contributed by atoms with Gasteiger partial charge in [-0.15, -0.1) is 0 Å². The van der Waals surface area contributed by atoms with Gasteiger partial charge in [-0.2, -0.15) is 0 Å². The van der Waals surface area contributed by atoms with Crippen molar-refractivity contribution in [3.8, 4) is 0 Å². The van der Waals surface area contributed by atoms with Gasteiger partial charge in [0.05, 0.1) is 0 Å². The van der Waals surface area contributed by atoms with Gasteiger partial charge in [0.25, 0.3) is 0 Å². The molecule has 0 atom stereocenters. The van der Waals surface area contributed by atoms with Crippen LogP contribution in [0.25, 0.3) is 6.08 Å². The van der Waals surface area contributed by atoms with Crippen LogP contribution in [0.2, 0.25) is 0 Å². The number of allylic oxidation sites excluding steroid dienone is 1. The second kappa shape index (κ2) is 3.84. The number of hydrogen-bond acceptors (Lipinski definition) is 0. The van der Waals surface area contributed by atoms with Crippen molar-refractivity contribution < 1.29 is 0 Å². The quantitative estimate of drug-likeness (QED) is 0.632. The molecule has 15 heavy (non-hydrogen) atoms. The van der Waals surface area contributed by atoms with Crippen LogP contribution in [0.3, 0.4) is 0 Å². The zero-order valence-electron chi connectivity index (χ0n) is 9.08. The number of hydrogen-bond donors (Lipinski definition) is 0. The fraction of sp³-hybridized carbons (Fsp3) is 0.400. The van der Waals surface area contributed by atoms with Gasteiger partial charge in [0.2, 0.25) is 0 Å². The molecule has 0 bridgehead atoms. The Bertz CT molecular complexity index is 369. The lowest BCUT2D eigenvalue weighted by atomic mass is 9.78. The molecule has 1 saturated carbocycles. The third-order valence-electron chi connectivity index (χ3n) is 3.76. The molecule has 0 heterocycles. The smallest absolute Gasteiger partial charge is 0.0304 e. The van der Waals surface area contributed by atoms with E-state index in [9.17, 15) is 0 Å². The highest BCUT2D eigenvalue weighted by Gasteiger charge is 2.27. The molecule has 0 aromatic heterocycles. The van der Waals surface area contributed by atoms with Crippen molar-refractivity contribution in [2.24, 2.45) is 5.92 Å². The molecule has 0 unspecified atom stereocenters. The summed E-state index contributed by atoms with van der Waals surface area (Å²) in [6.07, 6.45) is 11.7. The first-order chi connectivity index (χ1) is 7.45. The van der Waals surface area contributed by atoms with E-state index in [0.29, 0.717) is 0 Å². The fourth-order valence-corrected chi connectivity index (χ4v) is 2.94. The van der Waals surface area contributed by atoms with Crippen LogP contribution in [-0.2, 0) is 0 Å². The van der Waals surface area contributed by atoms with Gasteiger partial charge in [0.15, 0.2) is 0 Å². The normalized spacial score (nSPS) is 21.9. The lowest BCUT2D eigenvalue weighted by molar-refractivity contribution is 0.387. The van der Waals surface area contributed by atoms with Gasteiger partial charge in [-0.1, -0.05) is 55.7 Å². The fourth-order valence-electron chi connectivity index (χ4n) is 2.94. The monoisotopic (exact) mass is 197 g/mol. The molecule has 0 aliphatic heterocycles. The van der Waals surface area contributed by atoms with Crippen LogP contribution in [0.5, 0.6) is 0 Å². The molecule has 1 radical (unpaired) electrons. The first-order valence-corrected chi connectivity index (χ1v) is 6.09. The number of benzene rings is 1. The number of fused-ring (bicyclic) bond motifs is 1. The Kier molecular flexibility index (Phi) is 2.36. The minimum absolute atomic E-state index is 0.832. The second-order valence-electron chi connectivity index (χ2n) is 4.71. The van der Waals surface area contributed by atoms with Gasteiger partial charge >= 0.3 is 0 Å². The van der Waals surface area contributed by atoms with Crippen LogP contribution in [-0.4, -0.2) is 0 Å². The molecule has 0 spiro atoms. The summed E-state index contributed by atoms with van der Waals surface area (Å²) in [5.41, 5.74) is 2.91. The summed E-state index contributed by atoms with van der Waals surface area (Å²) in [5.74, 6) is 2.43. The Morgan fingerprint density at radius 1 is 0.867 bits per heavy atom. The summed E-state index contributed by atoms with van der Waals surface area (Å²) in [6.45, 7) is 0. The van der Waals surface area contributed by atoms with E-state index in [4.69, 9.17) is 0 Å². The topological polar surface area (TPSA) is 0 Å². The van der Waals surface area contributed by atoms with Crippen LogP contribution in [0.4, 0.5) is 0 Å². The summed E-state index contributed by atoms with van der Waals surface area (Å²) in [7, 11) is 0. The van der Waals surface area contributed by atoms with Crippen LogP contribution >= 0.6 is 0 Å². The maximum atomic E-state index is 2.35. The van der Waals surface area contributed by atoms with E-state index in [1.807, 2.05) is 0 Å². The van der Waals surface area contributed by atoms with Gasteiger partial charge in [0.1, 0.15) is 0 Å². The Hall–Kier alpha value is -1.04. The van der Waals surface area contributed by atoms with Crippen molar-refractivity contribution >= 4 is 6.08 Å². The van der Waals surface area contributed by atoms with Gasteiger partial charge in [0, 0.05) is 5.92 Å². The predicted molar refractivity (Wildman–Crippen MR) is 64.4 cm³/mol. The highest BCUT2D eigenvalue weighted by molar-refractivity contribution is 5.68. The maximum Gasteiger partial charge on any atom is 0.0304 e. The molecule has 0 saturated heterocycles. The molecular formula is C15H17. The predicted octanol–water partition coefficient (Wildman–Crippen LogP) is 4.22. The zero-order chi connectivity index (χ0) is 10.1. The standard InChI is InChI=1S/C15H17/c1-2-6-12(7-3-1)15-11-10-13-8-4-5-9-14(13)15/h4-5,8-12H,1-3,6-7H2. The van der Waals surface area contributed by atoms with E-state index >= 15 is 0 Å². The average Bonchev–Trinajstić information content (AvgIpc) is 2.74. The lowest BCUT2D eigenvalue weighted by Crippen LogP contribution is -2.14. The molecule has 2 aliphatic rings. The molecule has 0 N–H and O–H groups in total. The summed E-state index contributed by atoms with van der Waals surface area (Å²) >= 11 is 0. The molecule has 3 rings (SSSR count). The van der Waals surface area contributed by atoms with Crippen LogP contribution in [0.1, 0.15) is 43.2 Å². The van der Waals surface area contributed by atoms with Crippen LogP contribution in [0.15, 0.2) is 30.3 Å². The zero-order valence-corrected chi connectivity index (χ0v) is 9.08. The van der Waals surface area contributed by atoms with E-state index in [-0.39, 0.29) is 0 Å². The van der Waals surface area contributed by atoms with Crippen molar-refractivity contribution in [3.05, 3.63) is 47.4 Å². The van der Waals surface area contributed by atoms with E-state index in [2.05, 4.69) is 36.4 Å². The molecule has 77 valence electrons. The molecule has 1 aromatic carbocycles. The second-order valence-corrected chi connectivity index (χ2v) is 4.71. The van der Waals surface area contributed by atoms with Gasteiger partial charge in [-0.3, -0.25) is 0 Å². The summed E-state index contributed by atoms with van der Waals surface area (Å²) in [4.78, 5) is 0. The maximum absolute atomic E-state index is 2.35. The van der Waals surface area contributed by atoms with Crippen molar-refractivity contribution in [2.75, 3.05) is 0 Å². The SMILES string of the molecule is C1=Cc2ccccc2[C]1C1CCCCC1. The molecule has 1 fully saturated rings. The highest BCUT2D eigenvalue weighted by atomic mass is 14.3.